The van der Waals surface area contributed by atoms with Crippen LogP contribution >= 0.6 is 0 Å². The molecule has 6 N–H and O–H groups in total. The summed E-state index contributed by atoms with van der Waals surface area (Å²) in [6.07, 6.45) is 12.8. The van der Waals surface area contributed by atoms with Crippen molar-refractivity contribution >= 4 is 6.29 Å². The standard InChI is InChI=1S/C32H51NO6/c1-23(8-5-10-24(2)20-35)9-6-11-26(22-37)28-14-16-32(30(28)38)29(12-7-19-34)27(25(3)21-36)13-15-31(32,39)17-18-33-4/h6,9-11,21,28-30,33-35,37-39H,1,5,7-8,12-20,22H2,2-4H3. The first-order valence-corrected chi connectivity index (χ1v) is 14.4. The van der Waals surface area contributed by atoms with Gasteiger partial charge in [0, 0.05) is 17.9 Å². The molecule has 7 heteroatoms. The van der Waals surface area contributed by atoms with E-state index >= 15 is 0 Å². The first-order valence-electron chi connectivity index (χ1n) is 14.4. The quantitative estimate of drug-likeness (QED) is 0.0803. The fraction of sp³-hybridized carbons (Fsp3) is 0.656. The largest absolute Gasteiger partial charge is 0.396 e. The van der Waals surface area contributed by atoms with Crippen LogP contribution in [0.1, 0.15) is 71.6 Å². The van der Waals surface area contributed by atoms with Crippen molar-refractivity contribution in [3.05, 3.63) is 58.7 Å². The van der Waals surface area contributed by atoms with Gasteiger partial charge in [-0.2, -0.15) is 0 Å². The van der Waals surface area contributed by atoms with Gasteiger partial charge in [0.2, 0.25) is 0 Å². The smallest absolute Gasteiger partial charge is 0.145 e. The molecule has 0 heterocycles. The molecule has 1 spiro atoms. The van der Waals surface area contributed by atoms with Gasteiger partial charge in [0.15, 0.2) is 0 Å². The zero-order valence-corrected chi connectivity index (χ0v) is 24.2. The van der Waals surface area contributed by atoms with E-state index in [-0.39, 0.29) is 31.7 Å². The molecule has 0 bridgehead atoms. The van der Waals surface area contributed by atoms with Crippen molar-refractivity contribution in [1.29, 1.82) is 0 Å². The van der Waals surface area contributed by atoms with Crippen LogP contribution in [0, 0.1) is 17.3 Å². The highest BCUT2D eigenvalue weighted by atomic mass is 16.3. The van der Waals surface area contributed by atoms with E-state index in [0.717, 1.165) is 35.8 Å². The number of rotatable bonds is 15. The number of aliphatic hydroxyl groups excluding tert-OH is 4. The summed E-state index contributed by atoms with van der Waals surface area (Å²) in [6, 6.07) is 0. The second-order valence-electron chi connectivity index (χ2n) is 11.4. The average molecular weight is 546 g/mol. The zero-order valence-electron chi connectivity index (χ0n) is 24.2. The number of hydrogen-bond donors (Lipinski definition) is 6. The molecule has 2 aliphatic rings. The van der Waals surface area contributed by atoms with Gasteiger partial charge in [0.1, 0.15) is 6.29 Å². The van der Waals surface area contributed by atoms with Gasteiger partial charge in [0.05, 0.1) is 24.9 Å². The molecule has 2 rings (SSSR count). The number of aliphatic hydroxyl groups is 5. The van der Waals surface area contributed by atoms with Crippen LogP contribution in [0.3, 0.4) is 0 Å². The van der Waals surface area contributed by atoms with Crippen LogP contribution in [0.25, 0.3) is 0 Å². The van der Waals surface area contributed by atoms with Crippen LogP contribution in [0.5, 0.6) is 0 Å². The second-order valence-corrected chi connectivity index (χ2v) is 11.4. The van der Waals surface area contributed by atoms with Crippen LogP contribution in [0.15, 0.2) is 58.7 Å². The van der Waals surface area contributed by atoms with E-state index in [4.69, 9.17) is 5.11 Å². The van der Waals surface area contributed by atoms with E-state index in [2.05, 4.69) is 11.9 Å². The molecule has 0 aromatic heterocycles. The average Bonchev–Trinajstić information content (AvgIpc) is 3.27. The molecule has 5 unspecified atom stereocenters. The van der Waals surface area contributed by atoms with Crippen molar-refractivity contribution in [3.8, 4) is 0 Å². The molecule has 0 aromatic rings. The lowest BCUT2D eigenvalue weighted by Crippen LogP contribution is -2.61. The molecule has 39 heavy (non-hydrogen) atoms. The number of hydrogen-bond acceptors (Lipinski definition) is 7. The van der Waals surface area contributed by atoms with E-state index in [0.29, 0.717) is 62.6 Å². The van der Waals surface area contributed by atoms with Gasteiger partial charge >= 0.3 is 0 Å². The molecule has 0 aromatic carbocycles. The lowest BCUT2D eigenvalue weighted by atomic mass is 9.51. The number of allylic oxidation sites excluding steroid dienone is 7. The number of carbonyl (C=O) groups is 1. The normalized spacial score (nSPS) is 31.3. The highest BCUT2D eigenvalue weighted by Gasteiger charge is 2.65. The summed E-state index contributed by atoms with van der Waals surface area (Å²) in [5.41, 5.74) is 2.14. The van der Waals surface area contributed by atoms with Crippen molar-refractivity contribution in [1.82, 2.24) is 5.32 Å². The van der Waals surface area contributed by atoms with E-state index < -0.39 is 17.1 Å². The summed E-state index contributed by atoms with van der Waals surface area (Å²) in [4.78, 5) is 11.8. The molecule has 2 fully saturated rings. The van der Waals surface area contributed by atoms with Crippen molar-refractivity contribution in [2.45, 2.75) is 83.3 Å². The fourth-order valence-corrected chi connectivity index (χ4v) is 6.94. The third-order valence-corrected chi connectivity index (χ3v) is 9.13. The third kappa shape index (κ3) is 7.66. The van der Waals surface area contributed by atoms with Gasteiger partial charge in [0.25, 0.3) is 0 Å². The molecule has 5 atom stereocenters. The number of carbonyl (C=O) groups excluding carboxylic acids is 1. The summed E-state index contributed by atoms with van der Waals surface area (Å²) in [6.45, 7) is 8.20. The van der Waals surface area contributed by atoms with Gasteiger partial charge in [-0.25, -0.2) is 0 Å². The second kappa shape index (κ2) is 15.8. The SMILES string of the molecule is C=C(C=CC=C(CO)C1CCC2(C(CCCO)C(=C(C)C=O)CCC2(O)CCNC)C1O)CCC=C(C)CO. The maximum absolute atomic E-state index is 12.2. The van der Waals surface area contributed by atoms with E-state index in [9.17, 15) is 25.2 Å². The minimum Gasteiger partial charge on any atom is -0.396 e. The van der Waals surface area contributed by atoms with Gasteiger partial charge in [-0.1, -0.05) is 47.6 Å². The highest BCUT2D eigenvalue weighted by Crippen LogP contribution is 2.63. The molecule has 0 amide bonds. The topological polar surface area (TPSA) is 130 Å². The van der Waals surface area contributed by atoms with Crippen molar-refractivity contribution in [2.24, 2.45) is 17.3 Å². The van der Waals surface area contributed by atoms with Crippen molar-refractivity contribution in [3.63, 3.8) is 0 Å². The zero-order chi connectivity index (χ0) is 29.1. The number of nitrogens with one attached hydrogen (secondary N) is 1. The molecule has 0 aliphatic heterocycles. The highest BCUT2D eigenvalue weighted by molar-refractivity contribution is 5.74. The Balaban J connectivity index is 2.42. The van der Waals surface area contributed by atoms with Crippen LogP contribution in [0.2, 0.25) is 0 Å². The van der Waals surface area contributed by atoms with E-state index in [1.165, 1.54) is 0 Å². The van der Waals surface area contributed by atoms with Crippen LogP contribution in [-0.2, 0) is 4.79 Å². The summed E-state index contributed by atoms with van der Waals surface area (Å²) >= 11 is 0. The Morgan fingerprint density at radius 2 is 1.92 bits per heavy atom. The van der Waals surface area contributed by atoms with Gasteiger partial charge in [-0.05, 0) is 102 Å². The van der Waals surface area contributed by atoms with Gasteiger partial charge in [-0.3, -0.25) is 4.79 Å². The predicted octanol–water partition coefficient (Wildman–Crippen LogP) is 3.53. The molecule has 2 saturated carbocycles. The summed E-state index contributed by atoms with van der Waals surface area (Å²) in [5, 5.41) is 56.5. The predicted molar refractivity (Wildman–Crippen MR) is 156 cm³/mol. The molecular weight excluding hydrogens is 494 g/mol. The Morgan fingerprint density at radius 3 is 2.54 bits per heavy atom. The number of aldehydes is 1. The van der Waals surface area contributed by atoms with Crippen molar-refractivity contribution in [2.75, 3.05) is 33.4 Å². The fourth-order valence-electron chi connectivity index (χ4n) is 6.94. The molecular formula is C32H51NO6. The van der Waals surface area contributed by atoms with E-state index in [1.807, 2.05) is 38.3 Å². The van der Waals surface area contributed by atoms with Gasteiger partial charge < -0.3 is 30.8 Å². The maximum atomic E-state index is 12.2. The molecule has 0 radical (unpaired) electrons. The minimum absolute atomic E-state index is 0.000296. The first-order chi connectivity index (χ1) is 18.6. The van der Waals surface area contributed by atoms with Crippen LogP contribution < -0.4 is 5.32 Å². The van der Waals surface area contributed by atoms with Crippen LogP contribution in [0.4, 0.5) is 0 Å². The summed E-state index contributed by atoms with van der Waals surface area (Å²) < 4.78 is 0. The summed E-state index contributed by atoms with van der Waals surface area (Å²) in [5.74, 6) is -0.576. The third-order valence-electron chi connectivity index (χ3n) is 9.13. The van der Waals surface area contributed by atoms with Gasteiger partial charge in [-0.15, -0.1) is 0 Å². The Labute approximate surface area is 234 Å². The lowest BCUT2D eigenvalue weighted by Gasteiger charge is -2.57. The first kappa shape index (κ1) is 33.3. The maximum Gasteiger partial charge on any atom is 0.145 e. The summed E-state index contributed by atoms with van der Waals surface area (Å²) in [7, 11) is 1.84. The monoisotopic (exact) mass is 545 g/mol. The molecule has 7 nitrogen and oxygen atoms in total. The van der Waals surface area contributed by atoms with Crippen molar-refractivity contribution < 1.29 is 30.3 Å². The Bertz CT molecular complexity index is 950. The van der Waals surface area contributed by atoms with Crippen LogP contribution in [-0.4, -0.2) is 76.9 Å². The lowest BCUT2D eigenvalue weighted by molar-refractivity contribution is -0.180. The Morgan fingerprint density at radius 1 is 1.18 bits per heavy atom. The Kier molecular flexibility index (Phi) is 13.5. The van der Waals surface area contributed by atoms with E-state index in [1.54, 1.807) is 6.92 Å². The molecule has 2 aliphatic carbocycles. The Hall–Kier alpha value is -1.87. The minimum atomic E-state index is -1.15. The molecule has 0 saturated heterocycles. The molecule has 220 valence electrons.